The summed E-state index contributed by atoms with van der Waals surface area (Å²) in [5.41, 5.74) is 3.87. The van der Waals surface area contributed by atoms with Gasteiger partial charge >= 0.3 is 0 Å². The predicted molar refractivity (Wildman–Crippen MR) is 72.8 cm³/mol. The number of oxazole rings is 1. The van der Waals surface area contributed by atoms with Crippen molar-refractivity contribution in [2.45, 2.75) is 26.9 Å². The maximum Gasteiger partial charge on any atom is 0.297 e. The molecule has 0 aliphatic rings. The number of thiazole rings is 1. The van der Waals surface area contributed by atoms with E-state index in [-0.39, 0.29) is 0 Å². The average molecular weight is 266 g/mol. The maximum absolute atomic E-state index is 5.47. The van der Waals surface area contributed by atoms with Crippen molar-refractivity contribution < 1.29 is 4.42 Å². The number of anilines is 1. The van der Waals surface area contributed by atoms with Crippen LogP contribution < -0.4 is 10.2 Å². The van der Waals surface area contributed by atoms with Crippen LogP contribution in [0.1, 0.15) is 23.2 Å². The van der Waals surface area contributed by atoms with Gasteiger partial charge in [-0.3, -0.25) is 0 Å². The van der Waals surface area contributed by atoms with Gasteiger partial charge in [-0.25, -0.2) is 4.98 Å². The fourth-order valence-corrected chi connectivity index (χ4v) is 2.40. The highest BCUT2D eigenvalue weighted by molar-refractivity contribution is 7.09. The van der Waals surface area contributed by atoms with Crippen LogP contribution in [0.25, 0.3) is 0 Å². The molecular formula is C12H18N4OS. The highest BCUT2D eigenvalue weighted by Crippen LogP contribution is 2.19. The molecule has 1 N–H and O–H groups in total. The second kappa shape index (κ2) is 5.97. The van der Waals surface area contributed by atoms with E-state index in [1.807, 2.05) is 24.4 Å². The Morgan fingerprint density at radius 2 is 2.33 bits per heavy atom. The van der Waals surface area contributed by atoms with Crippen molar-refractivity contribution in [3.63, 3.8) is 0 Å². The van der Waals surface area contributed by atoms with E-state index in [9.17, 15) is 0 Å². The van der Waals surface area contributed by atoms with E-state index in [4.69, 9.17) is 4.42 Å². The molecule has 0 unspecified atom stereocenters. The lowest BCUT2D eigenvalue weighted by Gasteiger charge is -2.13. The van der Waals surface area contributed by atoms with Crippen LogP contribution in [0, 0.1) is 6.92 Å². The van der Waals surface area contributed by atoms with Crippen molar-refractivity contribution in [3.05, 3.63) is 28.0 Å². The lowest BCUT2D eigenvalue weighted by Crippen LogP contribution is -2.17. The minimum atomic E-state index is 0.649. The number of hydrogen-bond donors (Lipinski definition) is 1. The summed E-state index contributed by atoms with van der Waals surface area (Å²) in [6.45, 7) is 6.54. The van der Waals surface area contributed by atoms with Crippen molar-refractivity contribution in [1.82, 2.24) is 15.3 Å². The molecule has 0 atom stereocenters. The molecule has 0 aliphatic carbocycles. The van der Waals surface area contributed by atoms with Crippen molar-refractivity contribution in [2.24, 2.45) is 0 Å². The van der Waals surface area contributed by atoms with E-state index in [1.54, 1.807) is 17.6 Å². The minimum absolute atomic E-state index is 0.649. The van der Waals surface area contributed by atoms with Crippen molar-refractivity contribution in [1.29, 1.82) is 0 Å². The second-order valence-corrected chi connectivity index (χ2v) is 5.06. The van der Waals surface area contributed by atoms with Gasteiger partial charge in [-0.1, -0.05) is 6.92 Å². The van der Waals surface area contributed by atoms with E-state index < -0.39 is 0 Å². The Bertz CT molecular complexity index is 494. The van der Waals surface area contributed by atoms with Gasteiger partial charge < -0.3 is 14.6 Å². The molecule has 0 saturated carbocycles. The summed E-state index contributed by atoms with van der Waals surface area (Å²) < 4.78 is 5.47. The van der Waals surface area contributed by atoms with Gasteiger partial charge in [0.05, 0.1) is 23.4 Å². The first-order chi connectivity index (χ1) is 8.70. The van der Waals surface area contributed by atoms with Crippen molar-refractivity contribution >= 4 is 17.4 Å². The Labute approximate surface area is 111 Å². The highest BCUT2D eigenvalue weighted by atomic mass is 32.1. The van der Waals surface area contributed by atoms with Crippen LogP contribution in [0.15, 0.2) is 16.2 Å². The first-order valence-corrected chi connectivity index (χ1v) is 6.84. The molecule has 98 valence electrons. The monoisotopic (exact) mass is 266 g/mol. The third-order valence-corrected chi connectivity index (χ3v) is 3.57. The molecule has 0 aliphatic heterocycles. The first-order valence-electron chi connectivity index (χ1n) is 5.96. The lowest BCUT2D eigenvalue weighted by molar-refractivity contribution is 0.543. The van der Waals surface area contributed by atoms with Crippen LogP contribution in [-0.4, -0.2) is 23.6 Å². The molecule has 0 fully saturated rings. The van der Waals surface area contributed by atoms with Gasteiger partial charge in [0.2, 0.25) is 0 Å². The quantitative estimate of drug-likeness (QED) is 0.868. The Hall–Kier alpha value is -1.40. The first kappa shape index (κ1) is 13.0. The maximum atomic E-state index is 5.47. The van der Waals surface area contributed by atoms with Gasteiger partial charge in [-0.05, 0) is 13.5 Å². The molecule has 0 amide bonds. The smallest absolute Gasteiger partial charge is 0.297 e. The Kier molecular flexibility index (Phi) is 4.33. The molecule has 2 aromatic heterocycles. The summed E-state index contributed by atoms with van der Waals surface area (Å²) in [6, 6.07) is 0.649. The fraction of sp³-hybridized carbons (Fsp3) is 0.500. The Morgan fingerprint density at radius 1 is 1.50 bits per heavy atom. The molecule has 2 rings (SSSR count). The summed E-state index contributed by atoms with van der Waals surface area (Å²) in [7, 11) is 1.97. The Balaban J connectivity index is 1.98. The van der Waals surface area contributed by atoms with E-state index in [0.29, 0.717) is 6.01 Å². The van der Waals surface area contributed by atoms with Gasteiger partial charge in [0.15, 0.2) is 0 Å². The van der Waals surface area contributed by atoms with E-state index in [1.165, 1.54) is 4.88 Å². The van der Waals surface area contributed by atoms with Crippen molar-refractivity contribution in [3.8, 4) is 0 Å². The van der Waals surface area contributed by atoms with Crippen LogP contribution in [0.2, 0.25) is 0 Å². The average Bonchev–Trinajstić information content (AvgIpc) is 2.97. The molecule has 2 heterocycles. The standard InChI is InChI=1S/C12H18N4OS/c1-4-13-5-10-7-17-12(15-10)16(3)6-11-9(2)14-8-18-11/h7-8,13H,4-6H2,1-3H3. The number of aromatic nitrogens is 2. The lowest BCUT2D eigenvalue weighted by atomic mass is 10.4. The molecule has 18 heavy (non-hydrogen) atoms. The van der Waals surface area contributed by atoms with Gasteiger partial charge in [0.25, 0.3) is 6.01 Å². The predicted octanol–water partition coefficient (Wildman–Crippen LogP) is 2.19. The summed E-state index contributed by atoms with van der Waals surface area (Å²) in [5, 5.41) is 3.22. The summed E-state index contributed by atoms with van der Waals surface area (Å²) >= 11 is 1.66. The van der Waals surface area contributed by atoms with Gasteiger partial charge in [0.1, 0.15) is 6.26 Å². The second-order valence-electron chi connectivity index (χ2n) is 4.12. The Morgan fingerprint density at radius 3 is 3.00 bits per heavy atom. The number of aryl methyl sites for hydroxylation is 1. The highest BCUT2D eigenvalue weighted by Gasteiger charge is 2.11. The summed E-state index contributed by atoms with van der Waals surface area (Å²) in [6.07, 6.45) is 1.70. The largest absolute Gasteiger partial charge is 0.432 e. The summed E-state index contributed by atoms with van der Waals surface area (Å²) in [5.74, 6) is 0. The van der Waals surface area contributed by atoms with Gasteiger partial charge in [-0.15, -0.1) is 11.3 Å². The van der Waals surface area contributed by atoms with Crippen LogP contribution in [0.4, 0.5) is 6.01 Å². The number of rotatable bonds is 6. The molecule has 0 saturated heterocycles. The molecule has 2 aromatic rings. The normalized spacial score (nSPS) is 10.8. The zero-order valence-electron chi connectivity index (χ0n) is 10.9. The third-order valence-electron chi connectivity index (χ3n) is 2.65. The van der Waals surface area contributed by atoms with Crippen molar-refractivity contribution in [2.75, 3.05) is 18.5 Å². The van der Waals surface area contributed by atoms with E-state index >= 15 is 0 Å². The summed E-state index contributed by atoms with van der Waals surface area (Å²) in [4.78, 5) is 11.9. The molecule has 0 spiro atoms. The van der Waals surface area contributed by atoms with E-state index in [0.717, 1.165) is 31.0 Å². The number of hydrogen-bond acceptors (Lipinski definition) is 6. The van der Waals surface area contributed by atoms with Crippen LogP contribution in [0.5, 0.6) is 0 Å². The molecule has 0 radical (unpaired) electrons. The van der Waals surface area contributed by atoms with Crippen LogP contribution in [0.3, 0.4) is 0 Å². The fourth-order valence-electron chi connectivity index (χ4n) is 1.57. The molecule has 5 nitrogen and oxygen atoms in total. The topological polar surface area (TPSA) is 54.2 Å². The zero-order chi connectivity index (χ0) is 13.0. The van der Waals surface area contributed by atoms with Crippen LogP contribution in [-0.2, 0) is 13.1 Å². The molecule has 0 bridgehead atoms. The molecule has 6 heteroatoms. The van der Waals surface area contributed by atoms with Gasteiger partial charge in [-0.2, -0.15) is 4.98 Å². The molecule has 0 aromatic carbocycles. The minimum Gasteiger partial charge on any atom is -0.432 e. The van der Waals surface area contributed by atoms with Gasteiger partial charge in [0, 0.05) is 18.5 Å². The van der Waals surface area contributed by atoms with Crippen LogP contribution >= 0.6 is 11.3 Å². The zero-order valence-corrected chi connectivity index (χ0v) is 11.8. The third kappa shape index (κ3) is 3.08. The SMILES string of the molecule is CCNCc1coc(N(C)Cc2scnc2C)n1. The number of nitrogens with one attached hydrogen (secondary N) is 1. The van der Waals surface area contributed by atoms with E-state index in [2.05, 4.69) is 22.2 Å². The number of nitrogens with zero attached hydrogens (tertiary/aromatic N) is 3. The molecular weight excluding hydrogens is 248 g/mol.